The summed E-state index contributed by atoms with van der Waals surface area (Å²) >= 11 is 0. The van der Waals surface area contributed by atoms with Crippen LogP contribution in [0, 0.1) is 0 Å². The number of nitrogens with zero attached hydrogens (tertiary/aromatic N) is 3. The highest BCUT2D eigenvalue weighted by Crippen LogP contribution is 2.36. The molecule has 1 aliphatic rings. The van der Waals surface area contributed by atoms with Crippen LogP contribution in [0.15, 0.2) is 18.5 Å². The van der Waals surface area contributed by atoms with E-state index in [9.17, 15) is 4.79 Å². The highest BCUT2D eigenvalue weighted by atomic mass is 28.4. The Morgan fingerprint density at radius 1 is 1.33 bits per heavy atom. The molecule has 0 atom stereocenters. The standard InChI is InChI=1S/C17H27N3O3Si/c1-17(2,3)24(4,5)23-12-15-18-10-14(11-19-15)13-6-8-20(9-7-13)16(21)22/h6,10-11H,7-9,12H2,1-5H3,(H,21,22). The smallest absolute Gasteiger partial charge is 0.407 e. The van der Waals surface area contributed by atoms with Gasteiger partial charge in [0.1, 0.15) is 0 Å². The van der Waals surface area contributed by atoms with Crippen LogP contribution in [-0.4, -0.2) is 47.5 Å². The number of carbonyl (C=O) groups is 1. The van der Waals surface area contributed by atoms with Crippen LogP contribution >= 0.6 is 0 Å². The molecule has 0 bridgehead atoms. The van der Waals surface area contributed by atoms with Gasteiger partial charge in [0.15, 0.2) is 14.1 Å². The first kappa shape index (κ1) is 18.6. The van der Waals surface area contributed by atoms with E-state index in [-0.39, 0.29) is 5.04 Å². The first-order valence-corrected chi connectivity index (χ1v) is 11.1. The van der Waals surface area contributed by atoms with Gasteiger partial charge in [-0.25, -0.2) is 14.8 Å². The van der Waals surface area contributed by atoms with Crippen molar-refractivity contribution in [1.29, 1.82) is 0 Å². The fourth-order valence-electron chi connectivity index (χ4n) is 2.16. The maximum absolute atomic E-state index is 10.9. The first-order valence-electron chi connectivity index (χ1n) is 8.22. The maximum atomic E-state index is 10.9. The molecule has 2 heterocycles. The number of hydrogen-bond donors (Lipinski definition) is 1. The SMILES string of the molecule is CC(C)(C)[Si](C)(C)OCc1ncc(C2=CCN(C(=O)O)CC2)cn1. The number of hydrogen-bond acceptors (Lipinski definition) is 4. The summed E-state index contributed by atoms with van der Waals surface area (Å²) in [5.74, 6) is 0.687. The van der Waals surface area contributed by atoms with Crippen molar-refractivity contribution >= 4 is 20.0 Å². The number of amides is 1. The van der Waals surface area contributed by atoms with Crippen LogP contribution in [0.1, 0.15) is 38.6 Å². The number of carboxylic acid groups (broad SMARTS) is 1. The van der Waals surface area contributed by atoms with Crippen LogP contribution in [0.3, 0.4) is 0 Å². The largest absolute Gasteiger partial charge is 0.465 e. The number of aromatic nitrogens is 2. The van der Waals surface area contributed by atoms with Crippen molar-refractivity contribution in [2.75, 3.05) is 13.1 Å². The number of rotatable bonds is 4. The quantitative estimate of drug-likeness (QED) is 0.838. The Labute approximate surface area is 144 Å². The molecule has 0 spiro atoms. The molecule has 0 aliphatic carbocycles. The normalized spacial score (nSPS) is 16.0. The zero-order valence-electron chi connectivity index (χ0n) is 15.2. The van der Waals surface area contributed by atoms with Gasteiger partial charge in [-0.05, 0) is 30.1 Å². The van der Waals surface area contributed by atoms with Gasteiger partial charge in [0.05, 0.1) is 6.61 Å². The molecule has 6 nitrogen and oxygen atoms in total. The molecule has 132 valence electrons. The van der Waals surface area contributed by atoms with Crippen molar-refractivity contribution in [3.8, 4) is 0 Å². The molecule has 7 heteroatoms. The summed E-state index contributed by atoms with van der Waals surface area (Å²) in [4.78, 5) is 21.1. The first-order chi connectivity index (χ1) is 11.1. The summed E-state index contributed by atoms with van der Waals surface area (Å²) in [6, 6.07) is 0. The molecule has 2 rings (SSSR count). The Hall–Kier alpha value is -1.73. The lowest BCUT2D eigenvalue weighted by Crippen LogP contribution is -2.40. The van der Waals surface area contributed by atoms with E-state index in [0.717, 1.165) is 11.1 Å². The van der Waals surface area contributed by atoms with Gasteiger partial charge >= 0.3 is 6.09 Å². The Balaban J connectivity index is 1.98. The van der Waals surface area contributed by atoms with Gasteiger partial charge in [-0.2, -0.15) is 0 Å². The van der Waals surface area contributed by atoms with Gasteiger partial charge in [0.2, 0.25) is 0 Å². The Kier molecular flexibility index (Phi) is 5.44. The van der Waals surface area contributed by atoms with Crippen LogP contribution in [0.4, 0.5) is 4.79 Å². The molecule has 0 unspecified atom stereocenters. The van der Waals surface area contributed by atoms with Gasteiger partial charge in [0, 0.05) is 31.0 Å². The van der Waals surface area contributed by atoms with Crippen LogP contribution in [0.5, 0.6) is 0 Å². The van der Waals surface area contributed by atoms with Crippen LogP contribution in [0.25, 0.3) is 5.57 Å². The lowest BCUT2D eigenvalue weighted by Gasteiger charge is -2.35. The molecule has 0 radical (unpaired) electrons. The molecule has 0 saturated heterocycles. The van der Waals surface area contributed by atoms with E-state index in [1.165, 1.54) is 4.90 Å². The van der Waals surface area contributed by atoms with Gasteiger partial charge in [-0.1, -0.05) is 26.8 Å². The fourth-order valence-corrected chi connectivity index (χ4v) is 3.08. The van der Waals surface area contributed by atoms with E-state index in [0.29, 0.717) is 31.9 Å². The van der Waals surface area contributed by atoms with Crippen molar-refractivity contribution in [3.05, 3.63) is 29.9 Å². The minimum absolute atomic E-state index is 0.163. The van der Waals surface area contributed by atoms with Crippen molar-refractivity contribution < 1.29 is 14.3 Å². The average Bonchev–Trinajstić information content (AvgIpc) is 2.52. The minimum Gasteiger partial charge on any atom is -0.465 e. The Morgan fingerprint density at radius 3 is 2.42 bits per heavy atom. The van der Waals surface area contributed by atoms with Crippen molar-refractivity contribution in [1.82, 2.24) is 14.9 Å². The average molecular weight is 350 g/mol. The van der Waals surface area contributed by atoms with Crippen molar-refractivity contribution in [2.24, 2.45) is 0 Å². The Morgan fingerprint density at radius 2 is 1.96 bits per heavy atom. The summed E-state index contributed by atoms with van der Waals surface area (Å²) in [6.45, 7) is 12.4. The lowest BCUT2D eigenvalue weighted by molar-refractivity contribution is 0.150. The summed E-state index contributed by atoms with van der Waals surface area (Å²) in [5.41, 5.74) is 2.06. The maximum Gasteiger partial charge on any atom is 0.407 e. The fraction of sp³-hybridized carbons (Fsp3) is 0.588. The molecule has 0 fully saturated rings. The van der Waals surface area contributed by atoms with Gasteiger partial charge in [0.25, 0.3) is 0 Å². The second-order valence-electron chi connectivity index (χ2n) is 7.64. The molecule has 1 amide bonds. The third kappa shape index (κ3) is 4.42. The van der Waals surface area contributed by atoms with E-state index in [1.807, 2.05) is 6.08 Å². The topological polar surface area (TPSA) is 75.5 Å². The van der Waals surface area contributed by atoms with E-state index in [2.05, 4.69) is 43.8 Å². The lowest BCUT2D eigenvalue weighted by atomic mass is 10.0. The zero-order chi connectivity index (χ0) is 18.0. The van der Waals surface area contributed by atoms with Gasteiger partial charge in [-0.15, -0.1) is 0 Å². The summed E-state index contributed by atoms with van der Waals surface area (Å²) < 4.78 is 6.13. The second kappa shape index (κ2) is 7.02. The van der Waals surface area contributed by atoms with E-state index in [4.69, 9.17) is 9.53 Å². The Bertz CT molecular complexity index is 621. The van der Waals surface area contributed by atoms with Crippen molar-refractivity contribution in [2.45, 2.75) is 51.9 Å². The molecule has 1 aliphatic heterocycles. The monoisotopic (exact) mass is 349 g/mol. The van der Waals surface area contributed by atoms with Crippen LogP contribution in [0.2, 0.25) is 18.1 Å². The summed E-state index contributed by atoms with van der Waals surface area (Å²) in [7, 11) is -1.80. The van der Waals surface area contributed by atoms with E-state index in [1.54, 1.807) is 12.4 Å². The molecule has 24 heavy (non-hydrogen) atoms. The molecule has 0 aromatic carbocycles. The predicted octanol–water partition coefficient (Wildman–Crippen LogP) is 3.77. The summed E-state index contributed by atoms with van der Waals surface area (Å²) in [6.07, 6.45) is 5.36. The molecule has 1 aromatic heterocycles. The molecule has 1 N–H and O–H groups in total. The highest BCUT2D eigenvalue weighted by molar-refractivity contribution is 6.74. The van der Waals surface area contributed by atoms with E-state index < -0.39 is 14.4 Å². The molecular formula is C17H27N3O3Si. The minimum atomic E-state index is -1.80. The molecule has 0 saturated carbocycles. The molecule has 1 aromatic rings. The highest BCUT2D eigenvalue weighted by Gasteiger charge is 2.37. The van der Waals surface area contributed by atoms with Crippen LogP contribution < -0.4 is 0 Å². The van der Waals surface area contributed by atoms with Gasteiger partial charge in [-0.3, -0.25) is 0 Å². The summed E-state index contributed by atoms with van der Waals surface area (Å²) in [5, 5.41) is 9.14. The third-order valence-electron chi connectivity index (χ3n) is 4.92. The molecular weight excluding hydrogens is 322 g/mol. The van der Waals surface area contributed by atoms with Crippen molar-refractivity contribution in [3.63, 3.8) is 0 Å². The predicted molar refractivity (Wildman–Crippen MR) is 96.2 cm³/mol. The van der Waals surface area contributed by atoms with Gasteiger partial charge < -0.3 is 14.4 Å². The second-order valence-corrected chi connectivity index (χ2v) is 12.5. The zero-order valence-corrected chi connectivity index (χ0v) is 16.2. The van der Waals surface area contributed by atoms with Crippen LogP contribution in [-0.2, 0) is 11.0 Å². The van der Waals surface area contributed by atoms with E-state index >= 15 is 0 Å². The third-order valence-corrected chi connectivity index (χ3v) is 9.40.